The maximum Gasteiger partial charge on any atom is 0.396 e. The third-order valence-corrected chi connectivity index (χ3v) is 7.33. The highest BCUT2D eigenvalue weighted by atomic mass is 35.5. The van der Waals surface area contributed by atoms with E-state index in [-0.39, 0.29) is 12.1 Å². The molecule has 0 bridgehead atoms. The highest BCUT2D eigenvalue weighted by Gasteiger charge is 2.37. The van der Waals surface area contributed by atoms with E-state index in [4.69, 9.17) is 16.3 Å². The van der Waals surface area contributed by atoms with E-state index >= 15 is 0 Å². The molecule has 1 radical (unpaired) electrons. The molecule has 0 spiro atoms. The van der Waals surface area contributed by atoms with Gasteiger partial charge in [0.2, 0.25) is 0 Å². The van der Waals surface area contributed by atoms with Gasteiger partial charge in [-0.3, -0.25) is 14.9 Å². The van der Waals surface area contributed by atoms with Crippen LogP contribution in [0.4, 0.5) is 0 Å². The van der Waals surface area contributed by atoms with Crippen molar-refractivity contribution in [3.05, 3.63) is 83.2 Å². The number of hydrogen-bond donors (Lipinski definition) is 3. The monoisotopic (exact) mass is 497 g/mol. The minimum Gasteiger partial charge on any atom is -0.427 e. The molecule has 0 fully saturated rings. The smallest absolute Gasteiger partial charge is 0.396 e. The Morgan fingerprint density at radius 1 is 1.00 bits per heavy atom. The molecule has 0 saturated carbocycles. The molecule has 1 unspecified atom stereocenters. The first-order valence-electron chi connectivity index (χ1n) is 11.8. The van der Waals surface area contributed by atoms with Crippen LogP contribution in [0.15, 0.2) is 66.9 Å². The van der Waals surface area contributed by atoms with Crippen molar-refractivity contribution in [2.45, 2.75) is 24.9 Å². The molecule has 2 atom stereocenters. The van der Waals surface area contributed by atoms with Crippen LogP contribution in [0.25, 0.3) is 33.0 Å². The molecule has 9 heteroatoms. The minimum absolute atomic E-state index is 0.00838. The molecule has 7 nitrogen and oxygen atoms in total. The van der Waals surface area contributed by atoms with Crippen LogP contribution in [-0.4, -0.2) is 42.1 Å². The van der Waals surface area contributed by atoms with Gasteiger partial charge in [-0.25, -0.2) is 0 Å². The summed E-state index contributed by atoms with van der Waals surface area (Å²) < 4.78 is 7.07. The molecule has 2 aromatic heterocycles. The zero-order valence-corrected chi connectivity index (χ0v) is 20.3. The van der Waals surface area contributed by atoms with Crippen LogP contribution in [0.5, 0.6) is 0 Å². The molecule has 3 heterocycles. The molecule has 179 valence electrons. The zero-order chi connectivity index (χ0) is 24.8. The first-order chi connectivity index (χ1) is 17.6. The van der Waals surface area contributed by atoms with Crippen LogP contribution in [0.1, 0.15) is 30.0 Å². The number of allylic oxidation sites excluding steroid dienone is 1. The Labute approximate surface area is 213 Å². The maximum atomic E-state index is 13.2. The molecule has 1 aliphatic carbocycles. The van der Waals surface area contributed by atoms with Crippen molar-refractivity contribution < 1.29 is 14.2 Å². The number of amides is 2. The number of para-hydroxylation sites is 2. The number of H-pyrrole nitrogens is 1. The number of aromatic amines is 1. The predicted octanol–water partition coefficient (Wildman–Crippen LogP) is 4.37. The van der Waals surface area contributed by atoms with Gasteiger partial charge in [-0.05, 0) is 25.0 Å². The van der Waals surface area contributed by atoms with E-state index in [0.717, 1.165) is 34.6 Å². The number of carbonyl (C=O) groups is 2. The zero-order valence-electron chi connectivity index (χ0n) is 19.5. The third-order valence-electron chi connectivity index (χ3n) is 6.96. The lowest BCUT2D eigenvalue weighted by Crippen LogP contribution is -2.34. The van der Waals surface area contributed by atoms with Crippen molar-refractivity contribution in [2.75, 3.05) is 7.11 Å². The quantitative estimate of drug-likeness (QED) is 0.210. The van der Waals surface area contributed by atoms with Gasteiger partial charge in [0.25, 0.3) is 11.8 Å². The molecule has 36 heavy (non-hydrogen) atoms. The van der Waals surface area contributed by atoms with Crippen LogP contribution in [0, 0.1) is 0 Å². The van der Waals surface area contributed by atoms with E-state index in [0.29, 0.717) is 27.4 Å². The molecule has 4 aromatic rings. The number of halogens is 1. The lowest BCUT2D eigenvalue weighted by molar-refractivity contribution is -0.122. The normalized spacial score (nSPS) is 20.1. The van der Waals surface area contributed by atoms with Gasteiger partial charge in [-0.2, -0.15) is 0 Å². The number of benzene rings is 2. The molecule has 0 saturated heterocycles. The summed E-state index contributed by atoms with van der Waals surface area (Å²) in [6.07, 6.45) is 7.75. The lowest BCUT2D eigenvalue weighted by Gasteiger charge is -2.26. The Balaban J connectivity index is 1.54. The molecule has 2 aromatic carbocycles. The fourth-order valence-corrected chi connectivity index (χ4v) is 5.75. The van der Waals surface area contributed by atoms with Gasteiger partial charge in [0.1, 0.15) is 5.15 Å². The van der Waals surface area contributed by atoms with Crippen molar-refractivity contribution in [3.63, 3.8) is 0 Å². The first-order valence-corrected chi connectivity index (χ1v) is 12.2. The summed E-state index contributed by atoms with van der Waals surface area (Å²) in [6.45, 7) is 0. The van der Waals surface area contributed by atoms with Gasteiger partial charge in [-0.15, -0.1) is 0 Å². The first kappa shape index (κ1) is 22.9. The summed E-state index contributed by atoms with van der Waals surface area (Å²) in [5, 5.41) is 7.87. The van der Waals surface area contributed by atoms with Crippen molar-refractivity contribution in [1.29, 1.82) is 0 Å². The van der Waals surface area contributed by atoms with Gasteiger partial charge >= 0.3 is 7.62 Å². The number of hydrogen-bond acceptors (Lipinski definition) is 4. The Bertz CT molecular complexity index is 1580. The molecular weight excluding hydrogens is 475 g/mol. The van der Waals surface area contributed by atoms with E-state index in [9.17, 15) is 9.59 Å². The third kappa shape index (κ3) is 3.61. The van der Waals surface area contributed by atoms with E-state index < -0.39 is 11.8 Å². The molecule has 2 amide bonds. The topological polar surface area (TPSA) is 88.2 Å². The highest BCUT2D eigenvalue weighted by molar-refractivity contribution is 6.52. The number of fused-ring (bicyclic) bond motifs is 2. The summed E-state index contributed by atoms with van der Waals surface area (Å²) >= 11 is 7.10. The van der Waals surface area contributed by atoms with Crippen LogP contribution >= 0.6 is 11.6 Å². The lowest BCUT2D eigenvalue weighted by atomic mass is 9.95. The van der Waals surface area contributed by atoms with Crippen LogP contribution < -0.4 is 10.5 Å². The Kier molecular flexibility index (Phi) is 5.80. The Morgan fingerprint density at radius 3 is 2.53 bits per heavy atom. The Morgan fingerprint density at radius 2 is 1.75 bits per heavy atom. The van der Waals surface area contributed by atoms with Gasteiger partial charge < -0.3 is 19.4 Å². The summed E-state index contributed by atoms with van der Waals surface area (Å²) in [5.41, 5.74) is 3.70. The second-order valence-corrected chi connectivity index (χ2v) is 9.35. The second-order valence-electron chi connectivity index (χ2n) is 8.99. The average Bonchev–Trinajstić information content (AvgIpc) is 3.53. The second kappa shape index (κ2) is 9.13. The fraction of sp³-hybridized carbons (Fsp3) is 0.185. The van der Waals surface area contributed by atoms with E-state index in [1.807, 2.05) is 48.5 Å². The number of nitrogens with zero attached hydrogens (tertiary/aromatic N) is 1. The number of carbonyl (C=O) groups excluding carboxylic acids is 2. The van der Waals surface area contributed by atoms with Crippen molar-refractivity contribution >= 4 is 64.0 Å². The highest BCUT2D eigenvalue weighted by Crippen LogP contribution is 2.44. The van der Waals surface area contributed by atoms with E-state index in [1.54, 1.807) is 20.9 Å². The van der Waals surface area contributed by atoms with Gasteiger partial charge in [-0.1, -0.05) is 60.2 Å². The van der Waals surface area contributed by atoms with E-state index in [2.05, 4.69) is 32.2 Å². The van der Waals surface area contributed by atoms with Gasteiger partial charge in [0, 0.05) is 46.8 Å². The van der Waals surface area contributed by atoms with Crippen molar-refractivity contribution in [1.82, 2.24) is 20.1 Å². The van der Waals surface area contributed by atoms with Gasteiger partial charge in [0.15, 0.2) is 0 Å². The molecule has 2 aliphatic rings. The Hall–Kier alpha value is -3.59. The van der Waals surface area contributed by atoms with Crippen LogP contribution in [0.2, 0.25) is 5.15 Å². The largest absolute Gasteiger partial charge is 0.427 e. The van der Waals surface area contributed by atoms with Crippen molar-refractivity contribution in [3.8, 4) is 0 Å². The summed E-state index contributed by atoms with van der Waals surface area (Å²) in [4.78, 5) is 29.6. The number of nitrogens with one attached hydrogen (secondary N) is 3. The average molecular weight is 498 g/mol. The maximum absolute atomic E-state index is 13.2. The molecule has 6 rings (SSSR count). The van der Waals surface area contributed by atoms with Crippen molar-refractivity contribution in [2.24, 2.45) is 0 Å². The van der Waals surface area contributed by atoms with Crippen LogP contribution in [0.3, 0.4) is 0 Å². The number of aromatic nitrogens is 2. The summed E-state index contributed by atoms with van der Waals surface area (Å²) in [5.74, 6) is -0.864. The van der Waals surface area contributed by atoms with Gasteiger partial charge in [0.05, 0.1) is 22.7 Å². The van der Waals surface area contributed by atoms with E-state index in [1.165, 1.54) is 0 Å². The molecule has 3 N–H and O–H groups in total. The summed E-state index contributed by atoms with van der Waals surface area (Å²) in [6, 6.07) is 15.7. The SMILES string of the molecule is CO[B]N[C@H]1C=CC(n2c(Cl)c(C3=C(c4c[nH]c5ccccc45)C(=O)NC3=O)c3ccccc32)CC1. The standard InChI is InChI=1S/C27H23BClN4O3/c1-36-28-32-15-10-12-16(13-11-15)33-21-9-5-3-7-18(21)22(25(33)29)24-23(26(34)31-27(24)35)19-14-30-20-8-4-2-6-17(19)20/h2-10,12,14-16,30,32H,11,13H2,1H3,(H,31,34,35)/t15-,16?/m0/s1. The number of rotatable bonds is 6. The summed E-state index contributed by atoms with van der Waals surface area (Å²) in [7, 11) is 3.19. The molecular formula is C27H23BClN4O3. The van der Waals surface area contributed by atoms with Crippen LogP contribution in [-0.2, 0) is 14.2 Å². The fourth-order valence-electron chi connectivity index (χ4n) is 5.34. The predicted molar refractivity (Wildman–Crippen MR) is 142 cm³/mol. The molecule has 1 aliphatic heterocycles. The number of imide groups is 1. The minimum atomic E-state index is -0.441.